The minimum atomic E-state index is -0.402. The Morgan fingerprint density at radius 3 is 2.80 bits per heavy atom. The lowest BCUT2D eigenvalue weighted by molar-refractivity contribution is -0.145. The summed E-state index contributed by atoms with van der Waals surface area (Å²) in [5.41, 5.74) is 0.714. The number of hydrogen-bond donors (Lipinski definition) is 0. The molecule has 0 radical (unpaired) electrons. The fourth-order valence-electron chi connectivity index (χ4n) is 2.48. The molecule has 1 aromatic rings. The molecule has 1 amide bonds. The van der Waals surface area contributed by atoms with E-state index in [1.807, 2.05) is 0 Å². The predicted octanol–water partition coefficient (Wildman–Crippen LogP) is 0.984. The van der Waals surface area contributed by atoms with Crippen LogP contribution in [0.5, 0.6) is 11.5 Å². The highest BCUT2D eigenvalue weighted by Gasteiger charge is 2.36. The molecule has 20 heavy (non-hydrogen) atoms. The Balaban J connectivity index is 1.82. The summed E-state index contributed by atoms with van der Waals surface area (Å²) in [6.07, 6.45) is 0.182. The van der Waals surface area contributed by atoms with Gasteiger partial charge in [0.1, 0.15) is 13.2 Å². The first-order valence-electron chi connectivity index (χ1n) is 6.47. The largest absolute Gasteiger partial charge is 0.486 e. The molecule has 0 saturated carbocycles. The molecule has 6 heteroatoms. The maximum absolute atomic E-state index is 12.0. The zero-order valence-corrected chi connectivity index (χ0v) is 11.1. The molecule has 6 nitrogen and oxygen atoms in total. The summed E-state index contributed by atoms with van der Waals surface area (Å²) < 4.78 is 15.6. The predicted molar refractivity (Wildman–Crippen MR) is 69.9 cm³/mol. The van der Waals surface area contributed by atoms with Gasteiger partial charge in [0.25, 0.3) is 0 Å². The number of rotatable bonds is 2. The van der Waals surface area contributed by atoms with Crippen molar-refractivity contribution in [3.05, 3.63) is 18.2 Å². The molecular weight excluding hydrogens is 262 g/mol. The van der Waals surface area contributed by atoms with Crippen molar-refractivity contribution in [3.63, 3.8) is 0 Å². The Morgan fingerprint density at radius 1 is 1.30 bits per heavy atom. The van der Waals surface area contributed by atoms with Gasteiger partial charge in [-0.1, -0.05) is 0 Å². The first-order chi connectivity index (χ1) is 9.69. The van der Waals surface area contributed by atoms with Gasteiger partial charge >= 0.3 is 5.97 Å². The van der Waals surface area contributed by atoms with Crippen molar-refractivity contribution in [1.82, 2.24) is 0 Å². The van der Waals surface area contributed by atoms with Gasteiger partial charge in [0.2, 0.25) is 5.91 Å². The Bertz CT molecular complexity index is 556. The minimum Gasteiger partial charge on any atom is -0.486 e. The van der Waals surface area contributed by atoms with Gasteiger partial charge in [0, 0.05) is 24.7 Å². The summed E-state index contributed by atoms with van der Waals surface area (Å²) in [5.74, 6) is 0.468. The summed E-state index contributed by atoms with van der Waals surface area (Å²) in [6, 6.07) is 5.35. The Morgan fingerprint density at radius 2 is 2.05 bits per heavy atom. The number of methoxy groups -OCH3 is 1. The lowest BCUT2D eigenvalue weighted by Crippen LogP contribution is -2.26. The van der Waals surface area contributed by atoms with Gasteiger partial charge in [-0.25, -0.2) is 0 Å². The van der Waals surface area contributed by atoms with Crippen LogP contribution >= 0.6 is 0 Å². The number of ether oxygens (including phenoxy) is 3. The molecule has 106 valence electrons. The number of amides is 1. The van der Waals surface area contributed by atoms with Crippen molar-refractivity contribution in [2.24, 2.45) is 5.92 Å². The van der Waals surface area contributed by atoms with Crippen LogP contribution in [-0.2, 0) is 14.3 Å². The molecule has 1 unspecified atom stereocenters. The van der Waals surface area contributed by atoms with Crippen LogP contribution in [0.4, 0.5) is 5.69 Å². The lowest BCUT2D eigenvalue weighted by Gasteiger charge is -2.22. The second-order valence-corrected chi connectivity index (χ2v) is 4.76. The van der Waals surface area contributed by atoms with E-state index in [0.29, 0.717) is 36.9 Å². The first kappa shape index (κ1) is 12.8. The van der Waals surface area contributed by atoms with Gasteiger partial charge in [-0.2, -0.15) is 0 Å². The molecule has 1 fully saturated rings. The van der Waals surface area contributed by atoms with E-state index < -0.39 is 5.92 Å². The SMILES string of the molecule is COC(=O)C1CC(=O)N(c2ccc3c(c2)OCCO3)C1. The number of hydrogen-bond acceptors (Lipinski definition) is 5. The van der Waals surface area contributed by atoms with Gasteiger partial charge in [0.15, 0.2) is 11.5 Å². The monoisotopic (exact) mass is 277 g/mol. The van der Waals surface area contributed by atoms with Crippen LogP contribution in [0.25, 0.3) is 0 Å². The van der Waals surface area contributed by atoms with Crippen molar-refractivity contribution in [2.45, 2.75) is 6.42 Å². The molecule has 2 heterocycles. The summed E-state index contributed by atoms with van der Waals surface area (Å²) >= 11 is 0. The van der Waals surface area contributed by atoms with E-state index in [-0.39, 0.29) is 18.3 Å². The fraction of sp³-hybridized carbons (Fsp3) is 0.429. The van der Waals surface area contributed by atoms with E-state index in [1.54, 1.807) is 23.1 Å². The molecule has 0 spiro atoms. The van der Waals surface area contributed by atoms with Crippen molar-refractivity contribution >= 4 is 17.6 Å². The highest BCUT2D eigenvalue weighted by Crippen LogP contribution is 2.36. The molecular formula is C14H15NO5. The van der Waals surface area contributed by atoms with E-state index >= 15 is 0 Å². The van der Waals surface area contributed by atoms with Crippen LogP contribution in [-0.4, -0.2) is 38.7 Å². The second kappa shape index (κ2) is 5.03. The maximum Gasteiger partial charge on any atom is 0.311 e. The zero-order valence-electron chi connectivity index (χ0n) is 11.1. The molecule has 1 atom stereocenters. The van der Waals surface area contributed by atoms with Crippen molar-refractivity contribution in [2.75, 3.05) is 31.8 Å². The standard InChI is InChI=1S/C14H15NO5/c1-18-14(17)9-6-13(16)15(8-9)10-2-3-11-12(7-10)20-5-4-19-11/h2-3,7,9H,4-6,8H2,1H3. The third-order valence-electron chi connectivity index (χ3n) is 3.50. The van der Waals surface area contributed by atoms with Gasteiger partial charge in [-0.3, -0.25) is 9.59 Å². The Hall–Kier alpha value is -2.24. The number of carbonyl (C=O) groups excluding carboxylic acids is 2. The van der Waals surface area contributed by atoms with E-state index in [1.165, 1.54) is 7.11 Å². The van der Waals surface area contributed by atoms with Crippen molar-refractivity contribution in [1.29, 1.82) is 0 Å². The quantitative estimate of drug-likeness (QED) is 0.754. The Kier molecular flexibility index (Phi) is 3.22. The maximum atomic E-state index is 12.0. The molecule has 3 rings (SSSR count). The number of anilines is 1. The average Bonchev–Trinajstić information content (AvgIpc) is 2.88. The zero-order chi connectivity index (χ0) is 14.1. The molecule has 0 bridgehead atoms. The van der Waals surface area contributed by atoms with E-state index in [2.05, 4.69) is 0 Å². The van der Waals surface area contributed by atoms with E-state index in [0.717, 1.165) is 0 Å². The minimum absolute atomic E-state index is 0.0860. The Labute approximate surface area is 116 Å². The third-order valence-corrected chi connectivity index (χ3v) is 3.50. The van der Waals surface area contributed by atoms with Crippen LogP contribution in [0, 0.1) is 5.92 Å². The van der Waals surface area contributed by atoms with Crippen LogP contribution in [0.3, 0.4) is 0 Å². The number of fused-ring (bicyclic) bond motifs is 1. The summed E-state index contributed by atoms with van der Waals surface area (Å²) in [4.78, 5) is 25.1. The van der Waals surface area contributed by atoms with E-state index in [4.69, 9.17) is 14.2 Å². The number of benzene rings is 1. The second-order valence-electron chi connectivity index (χ2n) is 4.76. The van der Waals surface area contributed by atoms with Gasteiger partial charge in [0.05, 0.1) is 13.0 Å². The molecule has 0 N–H and O–H groups in total. The molecule has 1 saturated heterocycles. The smallest absolute Gasteiger partial charge is 0.311 e. The molecule has 0 aromatic heterocycles. The van der Waals surface area contributed by atoms with Gasteiger partial charge < -0.3 is 19.1 Å². The van der Waals surface area contributed by atoms with Crippen molar-refractivity contribution < 1.29 is 23.8 Å². The lowest BCUT2D eigenvalue weighted by atomic mass is 10.1. The van der Waals surface area contributed by atoms with E-state index in [9.17, 15) is 9.59 Å². The first-order valence-corrected chi connectivity index (χ1v) is 6.47. The normalized spacial score (nSPS) is 20.9. The molecule has 2 aliphatic heterocycles. The fourth-order valence-corrected chi connectivity index (χ4v) is 2.48. The van der Waals surface area contributed by atoms with Crippen LogP contribution < -0.4 is 14.4 Å². The molecule has 1 aromatic carbocycles. The molecule has 0 aliphatic carbocycles. The van der Waals surface area contributed by atoms with Crippen LogP contribution in [0.2, 0.25) is 0 Å². The number of nitrogens with zero attached hydrogens (tertiary/aromatic N) is 1. The number of esters is 1. The highest BCUT2D eigenvalue weighted by atomic mass is 16.6. The summed E-state index contributed by atoms with van der Waals surface area (Å²) in [7, 11) is 1.33. The van der Waals surface area contributed by atoms with Crippen LogP contribution in [0.1, 0.15) is 6.42 Å². The van der Waals surface area contributed by atoms with Gasteiger partial charge in [-0.15, -0.1) is 0 Å². The van der Waals surface area contributed by atoms with Crippen LogP contribution in [0.15, 0.2) is 18.2 Å². The van der Waals surface area contributed by atoms with Crippen molar-refractivity contribution in [3.8, 4) is 11.5 Å². The summed E-state index contributed by atoms with van der Waals surface area (Å²) in [6.45, 7) is 1.36. The third kappa shape index (κ3) is 2.17. The summed E-state index contributed by atoms with van der Waals surface area (Å²) in [5, 5.41) is 0. The van der Waals surface area contributed by atoms with Gasteiger partial charge in [-0.05, 0) is 12.1 Å². The molecule has 2 aliphatic rings. The highest BCUT2D eigenvalue weighted by molar-refractivity contribution is 5.99. The number of carbonyl (C=O) groups is 2. The average molecular weight is 277 g/mol. The topological polar surface area (TPSA) is 65.1 Å².